The normalized spacial score (nSPS) is 10.4. The molecule has 0 fully saturated rings. The molecule has 3 rings (SSSR count). The third-order valence-electron chi connectivity index (χ3n) is 3.97. The lowest BCUT2D eigenvalue weighted by atomic mass is 10.2. The van der Waals surface area contributed by atoms with E-state index < -0.39 is 0 Å². The Kier molecular flexibility index (Phi) is 6.97. The predicted octanol–water partition coefficient (Wildman–Crippen LogP) is 4.85. The van der Waals surface area contributed by atoms with E-state index in [0.29, 0.717) is 35.0 Å². The number of para-hydroxylation sites is 1. The van der Waals surface area contributed by atoms with Crippen LogP contribution in [-0.4, -0.2) is 23.5 Å². The number of anilines is 1. The summed E-state index contributed by atoms with van der Waals surface area (Å²) in [5, 5.41) is 3.56. The largest absolute Gasteiger partial charge is 0.486 e. The highest BCUT2D eigenvalue weighted by Crippen LogP contribution is 2.22. The Balaban J connectivity index is 1.60. The molecule has 0 unspecified atom stereocenters. The van der Waals surface area contributed by atoms with Crippen molar-refractivity contribution in [2.45, 2.75) is 26.9 Å². The first-order valence-corrected chi connectivity index (χ1v) is 10.1. The number of benzene rings is 2. The van der Waals surface area contributed by atoms with E-state index in [0.717, 1.165) is 17.2 Å². The van der Waals surface area contributed by atoms with Gasteiger partial charge in [-0.1, -0.05) is 25.1 Å². The number of nitrogens with zero attached hydrogens (tertiary/aromatic N) is 1. The first-order valence-electron chi connectivity index (χ1n) is 9.29. The van der Waals surface area contributed by atoms with Crippen LogP contribution in [-0.2, 0) is 11.3 Å². The molecule has 1 amide bonds. The quantitative estimate of drug-likeness (QED) is 0.537. The number of nitrogens with one attached hydrogen (secondary N) is 1. The van der Waals surface area contributed by atoms with E-state index in [4.69, 9.17) is 9.47 Å². The van der Waals surface area contributed by atoms with Crippen LogP contribution in [0.1, 0.15) is 44.1 Å². The summed E-state index contributed by atoms with van der Waals surface area (Å²) < 4.78 is 10.8. The Hall–Kier alpha value is -3.19. The van der Waals surface area contributed by atoms with Crippen molar-refractivity contribution < 1.29 is 19.1 Å². The first-order chi connectivity index (χ1) is 14.1. The molecule has 0 saturated heterocycles. The van der Waals surface area contributed by atoms with Crippen molar-refractivity contribution >= 4 is 28.9 Å². The molecular weight excluding hydrogens is 388 g/mol. The molecule has 0 spiro atoms. The summed E-state index contributed by atoms with van der Waals surface area (Å²) in [6.07, 6.45) is 0.770. The van der Waals surface area contributed by atoms with Gasteiger partial charge in [0.1, 0.15) is 22.2 Å². The Bertz CT molecular complexity index is 968. The average Bonchev–Trinajstić information content (AvgIpc) is 3.12. The van der Waals surface area contributed by atoms with Crippen LogP contribution in [0.15, 0.2) is 54.6 Å². The minimum Gasteiger partial charge on any atom is -0.486 e. The monoisotopic (exact) mass is 410 g/mol. The number of aromatic nitrogens is 1. The van der Waals surface area contributed by atoms with Gasteiger partial charge in [0, 0.05) is 5.69 Å². The summed E-state index contributed by atoms with van der Waals surface area (Å²) in [5.74, 6) is 0.141. The Morgan fingerprint density at radius 3 is 2.48 bits per heavy atom. The van der Waals surface area contributed by atoms with Crippen molar-refractivity contribution in [3.8, 4) is 5.75 Å². The highest BCUT2D eigenvalue weighted by molar-refractivity contribution is 7.13. The maximum atomic E-state index is 12.6. The zero-order chi connectivity index (χ0) is 20.6. The van der Waals surface area contributed by atoms with E-state index in [9.17, 15) is 9.59 Å². The third kappa shape index (κ3) is 5.65. The van der Waals surface area contributed by atoms with Gasteiger partial charge in [-0.2, -0.15) is 0 Å². The lowest BCUT2D eigenvalue weighted by Gasteiger charge is -2.06. The molecule has 0 aliphatic carbocycles. The lowest BCUT2D eigenvalue weighted by Crippen LogP contribution is -2.12. The van der Waals surface area contributed by atoms with Gasteiger partial charge in [-0.15, -0.1) is 11.3 Å². The number of carbonyl (C=O) groups excluding carboxylic acids is 2. The van der Waals surface area contributed by atoms with Gasteiger partial charge in [0.25, 0.3) is 5.91 Å². The zero-order valence-electron chi connectivity index (χ0n) is 16.3. The maximum absolute atomic E-state index is 12.6. The highest BCUT2D eigenvalue weighted by Gasteiger charge is 2.16. The van der Waals surface area contributed by atoms with Crippen LogP contribution in [0.3, 0.4) is 0 Å². The number of esters is 1. The van der Waals surface area contributed by atoms with E-state index in [1.54, 1.807) is 31.2 Å². The molecular formula is C22H22N2O4S. The fraction of sp³-hybridized carbons (Fsp3) is 0.227. The minimum atomic E-state index is -0.369. The molecule has 7 heteroatoms. The number of hydrogen-bond donors (Lipinski definition) is 1. The molecule has 150 valence electrons. The van der Waals surface area contributed by atoms with Gasteiger partial charge >= 0.3 is 5.97 Å². The van der Waals surface area contributed by atoms with Crippen LogP contribution < -0.4 is 10.1 Å². The Morgan fingerprint density at radius 1 is 1.07 bits per heavy atom. The van der Waals surface area contributed by atoms with E-state index in [2.05, 4.69) is 10.3 Å². The van der Waals surface area contributed by atoms with Crippen molar-refractivity contribution in [2.24, 2.45) is 0 Å². The van der Waals surface area contributed by atoms with Crippen LogP contribution in [0.5, 0.6) is 5.75 Å². The molecule has 6 nitrogen and oxygen atoms in total. The summed E-state index contributed by atoms with van der Waals surface area (Å²) in [4.78, 5) is 29.4. The standard InChI is InChI=1S/C22H22N2O4S/c1-3-13-27-22(26)16-9-11-17(12-10-16)24-21(25)20-15(2)23-19(29-20)14-28-18-7-5-4-6-8-18/h4-12H,3,13-14H2,1-2H3,(H,24,25). The molecule has 29 heavy (non-hydrogen) atoms. The fourth-order valence-corrected chi connectivity index (χ4v) is 3.42. The smallest absolute Gasteiger partial charge is 0.338 e. The molecule has 0 bridgehead atoms. The molecule has 0 aliphatic rings. The molecule has 1 aromatic heterocycles. The van der Waals surface area contributed by atoms with Gasteiger partial charge < -0.3 is 14.8 Å². The third-order valence-corrected chi connectivity index (χ3v) is 5.10. The number of hydrogen-bond acceptors (Lipinski definition) is 6. The van der Waals surface area contributed by atoms with Crippen LogP contribution >= 0.6 is 11.3 Å². The summed E-state index contributed by atoms with van der Waals surface area (Å²) in [6.45, 7) is 4.42. The maximum Gasteiger partial charge on any atom is 0.338 e. The second kappa shape index (κ2) is 9.84. The SMILES string of the molecule is CCCOC(=O)c1ccc(NC(=O)c2sc(COc3ccccc3)nc2C)cc1. The molecule has 1 heterocycles. The van der Waals surface area contributed by atoms with Crippen LogP contribution in [0.4, 0.5) is 5.69 Å². The number of ether oxygens (including phenoxy) is 2. The first kappa shape index (κ1) is 20.5. The lowest BCUT2D eigenvalue weighted by molar-refractivity contribution is 0.0505. The fourth-order valence-electron chi connectivity index (χ4n) is 2.54. The Labute approximate surface area is 173 Å². The van der Waals surface area contributed by atoms with E-state index in [1.807, 2.05) is 37.3 Å². The number of aryl methyl sites for hydroxylation is 1. The van der Waals surface area contributed by atoms with Crippen molar-refractivity contribution in [1.82, 2.24) is 4.98 Å². The number of rotatable bonds is 8. The van der Waals surface area contributed by atoms with Crippen molar-refractivity contribution in [2.75, 3.05) is 11.9 Å². The molecule has 0 aliphatic heterocycles. The molecule has 2 aromatic carbocycles. The number of amides is 1. The molecule has 3 aromatic rings. The second-order valence-corrected chi connectivity index (χ2v) is 7.37. The highest BCUT2D eigenvalue weighted by atomic mass is 32.1. The minimum absolute atomic E-state index is 0.243. The van der Waals surface area contributed by atoms with Crippen molar-refractivity contribution in [1.29, 1.82) is 0 Å². The van der Waals surface area contributed by atoms with Gasteiger partial charge in [-0.05, 0) is 49.7 Å². The topological polar surface area (TPSA) is 77.5 Å². The van der Waals surface area contributed by atoms with Crippen LogP contribution in [0, 0.1) is 6.92 Å². The molecule has 0 atom stereocenters. The van der Waals surface area contributed by atoms with Crippen LogP contribution in [0.2, 0.25) is 0 Å². The van der Waals surface area contributed by atoms with Gasteiger partial charge in [0.15, 0.2) is 0 Å². The van der Waals surface area contributed by atoms with Gasteiger partial charge in [-0.3, -0.25) is 4.79 Å². The van der Waals surface area contributed by atoms with E-state index >= 15 is 0 Å². The molecule has 0 saturated carbocycles. The molecule has 0 radical (unpaired) electrons. The summed E-state index contributed by atoms with van der Waals surface area (Å²) in [6, 6.07) is 16.1. The van der Waals surface area contributed by atoms with E-state index in [1.165, 1.54) is 11.3 Å². The zero-order valence-corrected chi connectivity index (χ0v) is 17.1. The average molecular weight is 410 g/mol. The Morgan fingerprint density at radius 2 is 1.79 bits per heavy atom. The van der Waals surface area contributed by atoms with Gasteiger partial charge in [0.05, 0.1) is 17.9 Å². The summed E-state index contributed by atoms with van der Waals surface area (Å²) in [7, 11) is 0. The molecule has 1 N–H and O–H groups in total. The van der Waals surface area contributed by atoms with Gasteiger partial charge in [-0.25, -0.2) is 9.78 Å². The van der Waals surface area contributed by atoms with Gasteiger partial charge in [0.2, 0.25) is 0 Å². The number of carbonyl (C=O) groups is 2. The van der Waals surface area contributed by atoms with E-state index in [-0.39, 0.29) is 11.9 Å². The number of thiazole rings is 1. The summed E-state index contributed by atoms with van der Waals surface area (Å²) >= 11 is 1.30. The van der Waals surface area contributed by atoms with Crippen molar-refractivity contribution in [3.05, 3.63) is 75.7 Å². The second-order valence-electron chi connectivity index (χ2n) is 6.29. The van der Waals surface area contributed by atoms with Crippen molar-refractivity contribution in [3.63, 3.8) is 0 Å². The van der Waals surface area contributed by atoms with Crippen LogP contribution in [0.25, 0.3) is 0 Å². The summed E-state index contributed by atoms with van der Waals surface area (Å²) in [5.41, 5.74) is 1.70. The predicted molar refractivity (Wildman–Crippen MR) is 113 cm³/mol.